The van der Waals surface area contributed by atoms with Crippen molar-refractivity contribution in [2.45, 2.75) is 20.8 Å². The minimum absolute atomic E-state index is 0.462. The number of nitrogens with zero attached hydrogens (tertiary/aromatic N) is 2. The molecule has 1 aromatic heterocycles. The molecular formula is C16H21N5OS. The van der Waals surface area contributed by atoms with Crippen LogP contribution in [0.1, 0.15) is 19.5 Å². The third-order valence-corrected chi connectivity index (χ3v) is 3.10. The maximum Gasteiger partial charge on any atom is 0.231 e. The monoisotopic (exact) mass is 331 g/mol. The van der Waals surface area contributed by atoms with E-state index in [0.29, 0.717) is 23.5 Å². The van der Waals surface area contributed by atoms with Crippen LogP contribution in [-0.4, -0.2) is 28.2 Å². The first-order chi connectivity index (χ1) is 11.1. The third-order valence-electron chi connectivity index (χ3n) is 2.85. The van der Waals surface area contributed by atoms with Crippen LogP contribution in [0.2, 0.25) is 0 Å². The predicted octanol–water partition coefficient (Wildman–Crippen LogP) is 3.23. The van der Waals surface area contributed by atoms with E-state index in [4.69, 9.17) is 17.0 Å². The van der Waals surface area contributed by atoms with Crippen LogP contribution in [-0.2, 0) is 0 Å². The molecule has 2 rings (SSSR count). The van der Waals surface area contributed by atoms with Gasteiger partial charge in [0.25, 0.3) is 0 Å². The Morgan fingerprint density at radius 2 is 1.91 bits per heavy atom. The summed E-state index contributed by atoms with van der Waals surface area (Å²) >= 11 is 5.15. The Morgan fingerprint density at radius 1 is 1.17 bits per heavy atom. The van der Waals surface area contributed by atoms with Crippen molar-refractivity contribution in [3.05, 3.63) is 36.0 Å². The molecule has 23 heavy (non-hydrogen) atoms. The van der Waals surface area contributed by atoms with Gasteiger partial charge in [0.15, 0.2) is 5.11 Å². The topological polar surface area (TPSA) is 71.1 Å². The first kappa shape index (κ1) is 17.0. The molecule has 0 fully saturated rings. The van der Waals surface area contributed by atoms with Gasteiger partial charge in [-0.1, -0.05) is 0 Å². The van der Waals surface area contributed by atoms with Gasteiger partial charge in [-0.3, -0.25) is 0 Å². The molecule has 0 bridgehead atoms. The Kier molecular flexibility index (Phi) is 6.10. The maximum atomic E-state index is 5.43. The molecule has 1 heterocycles. The fourth-order valence-electron chi connectivity index (χ4n) is 1.94. The van der Waals surface area contributed by atoms with Gasteiger partial charge in [0.1, 0.15) is 11.6 Å². The SMILES string of the molecule is CCNC(=S)Nc1nc(C)cc(Nc2ccc(OCC)cc2)n1. The zero-order valence-electron chi connectivity index (χ0n) is 13.5. The van der Waals surface area contributed by atoms with Crippen molar-refractivity contribution < 1.29 is 4.74 Å². The summed E-state index contributed by atoms with van der Waals surface area (Å²) in [6, 6.07) is 9.59. The van der Waals surface area contributed by atoms with Crippen LogP contribution >= 0.6 is 12.2 Å². The van der Waals surface area contributed by atoms with Crippen LogP contribution in [0.3, 0.4) is 0 Å². The Hall–Kier alpha value is -2.41. The highest BCUT2D eigenvalue weighted by Crippen LogP contribution is 2.20. The number of nitrogens with one attached hydrogen (secondary N) is 3. The molecule has 0 aliphatic carbocycles. The smallest absolute Gasteiger partial charge is 0.231 e. The van der Waals surface area contributed by atoms with Crippen molar-refractivity contribution in [1.29, 1.82) is 0 Å². The van der Waals surface area contributed by atoms with Crippen molar-refractivity contribution >= 4 is 34.8 Å². The highest BCUT2D eigenvalue weighted by molar-refractivity contribution is 7.80. The lowest BCUT2D eigenvalue weighted by Crippen LogP contribution is -2.28. The molecule has 3 N–H and O–H groups in total. The van der Waals surface area contributed by atoms with Crippen LogP contribution in [0.4, 0.5) is 17.5 Å². The van der Waals surface area contributed by atoms with E-state index in [1.165, 1.54) is 0 Å². The van der Waals surface area contributed by atoms with E-state index in [1.54, 1.807) is 0 Å². The average molecular weight is 331 g/mol. The van der Waals surface area contributed by atoms with Crippen LogP contribution in [0, 0.1) is 6.92 Å². The van der Waals surface area contributed by atoms with Gasteiger partial charge in [0.05, 0.1) is 6.61 Å². The molecule has 6 nitrogen and oxygen atoms in total. The fourth-order valence-corrected chi connectivity index (χ4v) is 2.18. The van der Waals surface area contributed by atoms with Crippen molar-refractivity contribution in [2.24, 2.45) is 0 Å². The van der Waals surface area contributed by atoms with E-state index in [2.05, 4.69) is 25.9 Å². The molecule has 7 heteroatoms. The predicted molar refractivity (Wildman–Crippen MR) is 97.6 cm³/mol. The minimum atomic E-state index is 0.462. The van der Waals surface area contributed by atoms with Crippen LogP contribution in [0.5, 0.6) is 5.75 Å². The number of aryl methyl sites for hydroxylation is 1. The van der Waals surface area contributed by atoms with Crippen LogP contribution < -0.4 is 20.7 Å². The zero-order chi connectivity index (χ0) is 16.7. The van der Waals surface area contributed by atoms with Crippen LogP contribution in [0.25, 0.3) is 0 Å². The number of anilines is 3. The van der Waals surface area contributed by atoms with Crippen molar-refractivity contribution in [2.75, 3.05) is 23.8 Å². The third kappa shape index (κ3) is 5.37. The van der Waals surface area contributed by atoms with Gasteiger partial charge < -0.3 is 20.7 Å². The molecule has 0 aliphatic heterocycles. The largest absolute Gasteiger partial charge is 0.494 e. The number of rotatable bonds is 6. The normalized spacial score (nSPS) is 10.0. The average Bonchev–Trinajstić information content (AvgIpc) is 2.49. The minimum Gasteiger partial charge on any atom is -0.494 e. The molecule has 122 valence electrons. The molecule has 0 aliphatic rings. The van der Waals surface area contributed by atoms with E-state index in [9.17, 15) is 0 Å². The second-order valence-electron chi connectivity index (χ2n) is 4.79. The van der Waals surface area contributed by atoms with Gasteiger partial charge in [-0.25, -0.2) is 4.98 Å². The summed E-state index contributed by atoms with van der Waals surface area (Å²) in [6.45, 7) is 7.24. The lowest BCUT2D eigenvalue weighted by molar-refractivity contribution is 0.340. The Morgan fingerprint density at radius 3 is 2.57 bits per heavy atom. The Labute approximate surface area is 141 Å². The summed E-state index contributed by atoms with van der Waals surface area (Å²) in [5.41, 5.74) is 1.77. The molecule has 2 aromatic rings. The second-order valence-corrected chi connectivity index (χ2v) is 5.19. The molecule has 0 spiro atoms. The molecule has 0 unspecified atom stereocenters. The summed E-state index contributed by atoms with van der Waals surface area (Å²) < 4.78 is 5.43. The van der Waals surface area contributed by atoms with Crippen molar-refractivity contribution in [3.63, 3.8) is 0 Å². The molecule has 0 atom stereocenters. The van der Waals surface area contributed by atoms with E-state index in [0.717, 1.165) is 23.7 Å². The van der Waals surface area contributed by atoms with Gasteiger partial charge in [0, 0.05) is 24.0 Å². The number of hydrogen-bond donors (Lipinski definition) is 3. The van der Waals surface area contributed by atoms with E-state index in [1.807, 2.05) is 51.1 Å². The molecule has 0 amide bonds. The number of benzene rings is 1. The molecule has 0 saturated heterocycles. The van der Waals surface area contributed by atoms with Crippen molar-refractivity contribution in [3.8, 4) is 5.75 Å². The maximum absolute atomic E-state index is 5.43. The molecule has 1 aromatic carbocycles. The van der Waals surface area contributed by atoms with E-state index in [-0.39, 0.29) is 0 Å². The number of ether oxygens (including phenoxy) is 1. The Balaban J connectivity index is 2.10. The standard InChI is InChI=1S/C16H21N5OS/c1-4-17-16(23)21-15-18-11(3)10-14(20-15)19-12-6-8-13(9-7-12)22-5-2/h6-10H,4-5H2,1-3H3,(H3,17,18,19,20,21,23). The van der Waals surface area contributed by atoms with Crippen molar-refractivity contribution in [1.82, 2.24) is 15.3 Å². The summed E-state index contributed by atoms with van der Waals surface area (Å²) in [7, 11) is 0. The molecule has 0 saturated carbocycles. The van der Waals surface area contributed by atoms with Gasteiger partial charge in [0.2, 0.25) is 5.95 Å². The van der Waals surface area contributed by atoms with E-state index < -0.39 is 0 Å². The van der Waals surface area contributed by atoms with Gasteiger partial charge in [-0.15, -0.1) is 0 Å². The summed E-state index contributed by atoms with van der Waals surface area (Å²) in [6.07, 6.45) is 0. The quantitative estimate of drug-likeness (QED) is 0.702. The molecular weight excluding hydrogens is 310 g/mol. The van der Waals surface area contributed by atoms with Gasteiger partial charge >= 0.3 is 0 Å². The first-order valence-electron chi connectivity index (χ1n) is 7.51. The number of thiocarbonyl (C=S) groups is 1. The summed E-state index contributed by atoms with van der Waals surface area (Å²) in [4.78, 5) is 8.74. The highest BCUT2D eigenvalue weighted by Gasteiger charge is 2.05. The lowest BCUT2D eigenvalue weighted by atomic mass is 10.3. The van der Waals surface area contributed by atoms with E-state index >= 15 is 0 Å². The number of hydrogen-bond acceptors (Lipinski definition) is 5. The fraction of sp³-hybridized carbons (Fsp3) is 0.312. The van der Waals surface area contributed by atoms with Gasteiger partial charge in [-0.05, 0) is 57.3 Å². The zero-order valence-corrected chi connectivity index (χ0v) is 14.3. The first-order valence-corrected chi connectivity index (χ1v) is 7.92. The second kappa shape index (κ2) is 8.28. The highest BCUT2D eigenvalue weighted by atomic mass is 32.1. The molecule has 0 radical (unpaired) electrons. The Bertz CT molecular complexity index is 660. The van der Waals surface area contributed by atoms with Gasteiger partial charge in [-0.2, -0.15) is 4.98 Å². The summed E-state index contributed by atoms with van der Waals surface area (Å²) in [5, 5.41) is 9.73. The summed E-state index contributed by atoms with van der Waals surface area (Å²) in [5.74, 6) is 2.00. The van der Waals surface area contributed by atoms with Crippen LogP contribution in [0.15, 0.2) is 30.3 Å². The number of aromatic nitrogens is 2. The lowest BCUT2D eigenvalue weighted by Gasteiger charge is -2.11.